The number of hydrogen-bond acceptors (Lipinski definition) is 3. The SMILES string of the molecule is C[C@@H]1SC(=NCCc2ccccc2F)NC1=O. The highest BCUT2D eigenvalue weighted by Gasteiger charge is 2.25. The molecule has 2 rings (SSSR count). The molecule has 1 N–H and O–H groups in total. The van der Waals surface area contributed by atoms with E-state index in [1.165, 1.54) is 17.8 Å². The zero-order chi connectivity index (χ0) is 12.3. The molecule has 0 aliphatic carbocycles. The maximum Gasteiger partial charge on any atom is 0.239 e. The lowest BCUT2D eigenvalue weighted by molar-refractivity contribution is -0.118. The van der Waals surface area contributed by atoms with Gasteiger partial charge < -0.3 is 5.32 Å². The molecule has 0 radical (unpaired) electrons. The molecule has 0 spiro atoms. The second kappa shape index (κ2) is 5.31. The van der Waals surface area contributed by atoms with E-state index >= 15 is 0 Å². The Balaban J connectivity index is 1.90. The van der Waals surface area contributed by atoms with Gasteiger partial charge in [-0.05, 0) is 25.0 Å². The number of nitrogens with one attached hydrogen (secondary N) is 1. The number of carbonyl (C=O) groups excluding carboxylic acids is 1. The van der Waals surface area contributed by atoms with Gasteiger partial charge in [-0.15, -0.1) is 0 Å². The fourth-order valence-electron chi connectivity index (χ4n) is 1.51. The summed E-state index contributed by atoms with van der Waals surface area (Å²) in [6.07, 6.45) is 0.543. The van der Waals surface area contributed by atoms with E-state index in [1.54, 1.807) is 18.2 Å². The van der Waals surface area contributed by atoms with Crippen LogP contribution in [-0.4, -0.2) is 22.9 Å². The van der Waals surface area contributed by atoms with Crippen molar-refractivity contribution in [3.8, 4) is 0 Å². The number of nitrogens with zero attached hydrogens (tertiary/aromatic N) is 1. The predicted molar refractivity (Wildman–Crippen MR) is 67.6 cm³/mol. The van der Waals surface area contributed by atoms with E-state index in [2.05, 4.69) is 10.3 Å². The van der Waals surface area contributed by atoms with Gasteiger partial charge in [-0.1, -0.05) is 30.0 Å². The van der Waals surface area contributed by atoms with Crippen LogP contribution in [0.25, 0.3) is 0 Å². The molecule has 0 bridgehead atoms. The second-order valence-electron chi connectivity index (χ2n) is 3.78. The zero-order valence-electron chi connectivity index (χ0n) is 9.44. The minimum atomic E-state index is -0.204. The van der Waals surface area contributed by atoms with Crippen molar-refractivity contribution in [2.75, 3.05) is 6.54 Å². The molecule has 1 atom stereocenters. The van der Waals surface area contributed by atoms with Crippen molar-refractivity contribution in [2.45, 2.75) is 18.6 Å². The molecule has 1 fully saturated rings. The molecule has 17 heavy (non-hydrogen) atoms. The topological polar surface area (TPSA) is 41.5 Å². The van der Waals surface area contributed by atoms with Crippen LogP contribution in [0.4, 0.5) is 4.39 Å². The third kappa shape index (κ3) is 3.06. The summed E-state index contributed by atoms with van der Waals surface area (Å²) in [4.78, 5) is 15.4. The lowest BCUT2D eigenvalue weighted by atomic mass is 10.1. The van der Waals surface area contributed by atoms with Crippen LogP contribution in [-0.2, 0) is 11.2 Å². The van der Waals surface area contributed by atoms with E-state index < -0.39 is 0 Å². The van der Waals surface area contributed by atoms with Crippen LogP contribution in [0.2, 0.25) is 0 Å². The van der Waals surface area contributed by atoms with Gasteiger partial charge in [0.05, 0.1) is 5.25 Å². The number of carbonyl (C=O) groups is 1. The lowest BCUT2D eigenvalue weighted by Crippen LogP contribution is -2.23. The summed E-state index contributed by atoms with van der Waals surface area (Å²) in [6.45, 7) is 2.32. The van der Waals surface area contributed by atoms with Gasteiger partial charge in [-0.2, -0.15) is 0 Å². The predicted octanol–water partition coefficient (Wildman–Crippen LogP) is 1.98. The highest BCUT2D eigenvalue weighted by molar-refractivity contribution is 8.15. The van der Waals surface area contributed by atoms with E-state index in [-0.39, 0.29) is 17.0 Å². The second-order valence-corrected chi connectivity index (χ2v) is 5.11. The van der Waals surface area contributed by atoms with Crippen LogP contribution in [0.1, 0.15) is 12.5 Å². The Morgan fingerprint density at radius 3 is 2.88 bits per heavy atom. The van der Waals surface area contributed by atoms with E-state index in [0.29, 0.717) is 23.7 Å². The number of thioether (sulfide) groups is 1. The van der Waals surface area contributed by atoms with Crippen LogP contribution in [0.5, 0.6) is 0 Å². The Labute approximate surface area is 104 Å². The molecule has 1 aromatic carbocycles. The number of rotatable bonds is 3. The molecule has 90 valence electrons. The van der Waals surface area contributed by atoms with Crippen molar-refractivity contribution in [3.63, 3.8) is 0 Å². The molecule has 0 saturated carbocycles. The molecule has 5 heteroatoms. The molecule has 3 nitrogen and oxygen atoms in total. The highest BCUT2D eigenvalue weighted by Crippen LogP contribution is 2.18. The van der Waals surface area contributed by atoms with E-state index in [9.17, 15) is 9.18 Å². The summed E-state index contributed by atoms with van der Waals surface area (Å²) in [6, 6.07) is 6.66. The Bertz CT molecular complexity index is 462. The number of hydrogen-bond donors (Lipinski definition) is 1. The van der Waals surface area contributed by atoms with Gasteiger partial charge in [0.25, 0.3) is 0 Å². The van der Waals surface area contributed by atoms with Crippen LogP contribution in [0.15, 0.2) is 29.3 Å². The number of benzene rings is 1. The number of amides is 1. The zero-order valence-corrected chi connectivity index (χ0v) is 10.3. The molecular formula is C12H13FN2OS. The first-order valence-electron chi connectivity index (χ1n) is 5.42. The van der Waals surface area contributed by atoms with Gasteiger partial charge in [0.1, 0.15) is 5.82 Å². The minimum Gasteiger partial charge on any atom is -0.304 e. The molecule has 1 amide bonds. The van der Waals surface area contributed by atoms with Crippen molar-refractivity contribution in [3.05, 3.63) is 35.6 Å². The quantitative estimate of drug-likeness (QED) is 0.893. The Morgan fingerprint density at radius 1 is 1.47 bits per heavy atom. The summed E-state index contributed by atoms with van der Waals surface area (Å²) < 4.78 is 13.3. The van der Waals surface area contributed by atoms with Crippen LogP contribution < -0.4 is 5.32 Å². The third-order valence-electron chi connectivity index (χ3n) is 2.48. The first-order valence-corrected chi connectivity index (χ1v) is 6.30. The van der Waals surface area contributed by atoms with Gasteiger partial charge in [0.2, 0.25) is 5.91 Å². The molecule has 1 aliphatic heterocycles. The Morgan fingerprint density at radius 2 is 2.24 bits per heavy atom. The Hall–Kier alpha value is -1.36. The summed E-state index contributed by atoms with van der Waals surface area (Å²) in [5.74, 6) is -0.219. The number of aliphatic imine (C=N–C) groups is 1. The standard InChI is InChI=1S/C12H13FN2OS/c1-8-11(16)15-12(17-8)14-7-6-9-4-2-3-5-10(9)13/h2-5,8H,6-7H2,1H3,(H,14,15,16)/t8-/m0/s1. The van der Waals surface area contributed by atoms with Crippen molar-refractivity contribution in [2.24, 2.45) is 4.99 Å². The fourth-order valence-corrected chi connectivity index (χ4v) is 2.34. The van der Waals surface area contributed by atoms with E-state index in [1.807, 2.05) is 6.92 Å². The molecule has 0 aromatic heterocycles. The maximum absolute atomic E-state index is 13.3. The average molecular weight is 252 g/mol. The fraction of sp³-hybridized carbons (Fsp3) is 0.333. The van der Waals surface area contributed by atoms with Gasteiger partial charge >= 0.3 is 0 Å². The monoisotopic (exact) mass is 252 g/mol. The van der Waals surface area contributed by atoms with Crippen LogP contribution >= 0.6 is 11.8 Å². The average Bonchev–Trinajstić information content (AvgIpc) is 2.61. The van der Waals surface area contributed by atoms with Crippen molar-refractivity contribution >= 4 is 22.8 Å². The van der Waals surface area contributed by atoms with Crippen molar-refractivity contribution in [1.82, 2.24) is 5.32 Å². The lowest BCUT2D eigenvalue weighted by Gasteiger charge is -2.00. The molecule has 1 heterocycles. The van der Waals surface area contributed by atoms with Crippen molar-refractivity contribution in [1.29, 1.82) is 0 Å². The smallest absolute Gasteiger partial charge is 0.239 e. The first-order chi connectivity index (χ1) is 8.16. The Kier molecular flexibility index (Phi) is 3.78. The summed E-state index contributed by atoms with van der Waals surface area (Å²) >= 11 is 1.41. The van der Waals surface area contributed by atoms with Crippen LogP contribution in [0, 0.1) is 5.82 Å². The molecule has 1 saturated heterocycles. The van der Waals surface area contributed by atoms with Crippen molar-refractivity contribution < 1.29 is 9.18 Å². The van der Waals surface area contributed by atoms with Gasteiger partial charge in [0, 0.05) is 6.54 Å². The molecule has 1 aliphatic rings. The number of amidine groups is 1. The molecule has 0 unspecified atom stereocenters. The summed E-state index contributed by atoms with van der Waals surface area (Å²) in [5, 5.41) is 3.24. The van der Waals surface area contributed by atoms with E-state index in [4.69, 9.17) is 0 Å². The van der Waals surface area contributed by atoms with E-state index in [0.717, 1.165) is 0 Å². The largest absolute Gasteiger partial charge is 0.304 e. The maximum atomic E-state index is 13.3. The van der Waals surface area contributed by atoms with Gasteiger partial charge in [-0.3, -0.25) is 9.79 Å². The highest BCUT2D eigenvalue weighted by atomic mass is 32.2. The summed E-state index contributed by atoms with van der Waals surface area (Å²) in [7, 11) is 0. The number of halogens is 1. The minimum absolute atomic E-state index is 0.0142. The van der Waals surface area contributed by atoms with Crippen LogP contribution in [0.3, 0.4) is 0 Å². The first kappa shape index (κ1) is 12.1. The normalized spacial score (nSPS) is 21.9. The van der Waals surface area contributed by atoms with Gasteiger partial charge in [0.15, 0.2) is 5.17 Å². The molecular weight excluding hydrogens is 239 g/mol. The third-order valence-corrected chi connectivity index (χ3v) is 3.50. The molecule has 1 aromatic rings. The summed E-state index contributed by atoms with van der Waals surface area (Å²) in [5.41, 5.74) is 0.652. The van der Waals surface area contributed by atoms with Gasteiger partial charge in [-0.25, -0.2) is 4.39 Å².